The summed E-state index contributed by atoms with van der Waals surface area (Å²) in [6, 6.07) is 16.1. The van der Waals surface area contributed by atoms with Crippen molar-refractivity contribution in [3.05, 3.63) is 94.0 Å². The molecular formula is C24H18N2O5. The first-order valence-corrected chi connectivity index (χ1v) is 9.86. The van der Waals surface area contributed by atoms with Gasteiger partial charge in [-0.15, -0.1) is 0 Å². The van der Waals surface area contributed by atoms with Gasteiger partial charge in [-0.3, -0.25) is 14.5 Å². The van der Waals surface area contributed by atoms with Gasteiger partial charge < -0.3 is 14.3 Å². The molecule has 2 aromatic heterocycles. The van der Waals surface area contributed by atoms with Crippen LogP contribution in [0.25, 0.3) is 11.0 Å². The van der Waals surface area contributed by atoms with E-state index in [0.717, 1.165) is 0 Å². The predicted octanol–water partition coefficient (Wildman–Crippen LogP) is 4.04. The number of pyridine rings is 1. The first-order valence-electron chi connectivity index (χ1n) is 9.86. The molecule has 3 heterocycles. The lowest BCUT2D eigenvalue weighted by atomic mass is 9.98. The third-order valence-corrected chi connectivity index (χ3v) is 5.27. The number of carbonyl (C=O) groups excluding carboxylic acids is 1. The number of anilines is 1. The smallest absolute Gasteiger partial charge is 0.296 e. The van der Waals surface area contributed by atoms with Crippen molar-refractivity contribution in [3.8, 4) is 11.5 Å². The summed E-state index contributed by atoms with van der Waals surface area (Å²) in [6.07, 6.45) is 1.58. The molecular weight excluding hydrogens is 396 g/mol. The summed E-state index contributed by atoms with van der Waals surface area (Å²) in [5, 5.41) is 10.5. The molecule has 1 N–H and O–H groups in total. The topological polar surface area (TPSA) is 92.9 Å². The van der Waals surface area contributed by atoms with Gasteiger partial charge in [0.1, 0.15) is 11.4 Å². The van der Waals surface area contributed by atoms with E-state index >= 15 is 0 Å². The van der Waals surface area contributed by atoms with Gasteiger partial charge in [-0.25, -0.2) is 4.98 Å². The van der Waals surface area contributed by atoms with Crippen LogP contribution in [0.5, 0.6) is 11.5 Å². The second kappa shape index (κ2) is 7.28. The van der Waals surface area contributed by atoms with Crippen molar-refractivity contribution in [2.24, 2.45) is 0 Å². The second-order valence-corrected chi connectivity index (χ2v) is 7.10. The van der Waals surface area contributed by atoms with Crippen LogP contribution in [-0.4, -0.2) is 22.6 Å². The van der Waals surface area contributed by atoms with Crippen molar-refractivity contribution in [2.45, 2.75) is 13.0 Å². The van der Waals surface area contributed by atoms with Crippen molar-refractivity contribution in [1.82, 2.24) is 4.98 Å². The summed E-state index contributed by atoms with van der Waals surface area (Å²) in [5.41, 5.74) is 0.908. The van der Waals surface area contributed by atoms with Gasteiger partial charge in [0.15, 0.2) is 16.9 Å². The molecule has 0 spiro atoms. The zero-order valence-electron chi connectivity index (χ0n) is 16.6. The molecule has 2 aromatic carbocycles. The van der Waals surface area contributed by atoms with Gasteiger partial charge >= 0.3 is 0 Å². The minimum absolute atomic E-state index is 0.00890. The Morgan fingerprint density at radius 1 is 1.10 bits per heavy atom. The van der Waals surface area contributed by atoms with Gasteiger partial charge in [-0.05, 0) is 48.9 Å². The van der Waals surface area contributed by atoms with Gasteiger partial charge in [0.25, 0.3) is 5.91 Å². The Balaban J connectivity index is 1.80. The summed E-state index contributed by atoms with van der Waals surface area (Å²) >= 11 is 0. The number of phenols is 1. The molecule has 4 aromatic rings. The number of carbonyl (C=O) groups is 1. The molecule has 7 heteroatoms. The van der Waals surface area contributed by atoms with Crippen molar-refractivity contribution in [2.75, 3.05) is 11.5 Å². The highest BCUT2D eigenvalue weighted by molar-refractivity contribution is 6.10. The van der Waals surface area contributed by atoms with E-state index in [0.29, 0.717) is 29.0 Å². The molecule has 154 valence electrons. The highest BCUT2D eigenvalue weighted by atomic mass is 16.5. The van der Waals surface area contributed by atoms with Crippen LogP contribution in [0.15, 0.2) is 76.1 Å². The Bertz CT molecular complexity index is 1360. The van der Waals surface area contributed by atoms with E-state index in [2.05, 4.69) is 4.98 Å². The number of phenolic OH excluding ortho intramolecular Hbond substituents is 1. The van der Waals surface area contributed by atoms with E-state index in [9.17, 15) is 14.7 Å². The lowest BCUT2D eigenvalue weighted by Crippen LogP contribution is -2.30. The molecule has 0 radical (unpaired) electrons. The quantitative estimate of drug-likeness (QED) is 0.542. The van der Waals surface area contributed by atoms with E-state index in [4.69, 9.17) is 9.15 Å². The Kier molecular flexibility index (Phi) is 4.43. The maximum absolute atomic E-state index is 13.5. The van der Waals surface area contributed by atoms with Crippen LogP contribution in [0.1, 0.15) is 34.6 Å². The van der Waals surface area contributed by atoms with Crippen molar-refractivity contribution < 1.29 is 19.1 Å². The standard InChI is InChI=1S/C24H18N2O5/c1-2-30-18-13-14(10-11-16(18)27)21-20-22(28)15-7-3-4-8-17(15)31-23(20)24(29)26(21)19-9-5-6-12-25-19/h3-13,21,27H,2H2,1H3/t21-/m1/s1. The first-order chi connectivity index (χ1) is 15.1. The summed E-state index contributed by atoms with van der Waals surface area (Å²) in [4.78, 5) is 32.7. The Morgan fingerprint density at radius 3 is 2.68 bits per heavy atom. The van der Waals surface area contributed by atoms with E-state index in [-0.39, 0.29) is 28.3 Å². The van der Waals surface area contributed by atoms with Gasteiger partial charge in [0.2, 0.25) is 5.76 Å². The minimum atomic E-state index is -0.780. The minimum Gasteiger partial charge on any atom is -0.504 e. The number of para-hydroxylation sites is 1. The lowest BCUT2D eigenvalue weighted by molar-refractivity contribution is 0.0970. The fourth-order valence-electron chi connectivity index (χ4n) is 3.94. The van der Waals surface area contributed by atoms with Crippen LogP contribution in [0.4, 0.5) is 5.82 Å². The third kappa shape index (κ3) is 2.93. The molecule has 0 fully saturated rings. The van der Waals surface area contributed by atoms with Crippen molar-refractivity contribution >= 4 is 22.7 Å². The molecule has 0 unspecified atom stereocenters. The summed E-state index contributed by atoms with van der Waals surface area (Å²) in [7, 11) is 0. The number of hydrogen-bond donors (Lipinski definition) is 1. The van der Waals surface area contributed by atoms with Crippen LogP contribution in [0.2, 0.25) is 0 Å². The monoisotopic (exact) mass is 414 g/mol. The molecule has 1 aliphatic heterocycles. The van der Waals surface area contributed by atoms with E-state index in [1.165, 1.54) is 11.0 Å². The summed E-state index contributed by atoms with van der Waals surface area (Å²) < 4.78 is 11.4. The molecule has 7 nitrogen and oxygen atoms in total. The number of nitrogens with zero attached hydrogens (tertiary/aromatic N) is 2. The van der Waals surface area contributed by atoms with Crippen LogP contribution in [0, 0.1) is 0 Å². The molecule has 0 saturated heterocycles. The molecule has 0 aliphatic carbocycles. The lowest BCUT2D eigenvalue weighted by Gasteiger charge is -2.24. The fourth-order valence-corrected chi connectivity index (χ4v) is 3.94. The molecule has 1 aliphatic rings. The SMILES string of the molecule is CCOc1cc([C@@H]2c3c(oc4ccccc4c3=O)C(=O)N2c2ccccn2)ccc1O. The van der Waals surface area contributed by atoms with Crippen molar-refractivity contribution in [1.29, 1.82) is 0 Å². The highest BCUT2D eigenvalue weighted by Crippen LogP contribution is 2.42. The van der Waals surface area contributed by atoms with Crippen LogP contribution in [-0.2, 0) is 0 Å². The van der Waals surface area contributed by atoms with Crippen LogP contribution in [0.3, 0.4) is 0 Å². The Morgan fingerprint density at radius 2 is 1.90 bits per heavy atom. The Hall–Kier alpha value is -4.13. The maximum atomic E-state index is 13.5. The first kappa shape index (κ1) is 18.9. The largest absolute Gasteiger partial charge is 0.504 e. The fraction of sp³-hybridized carbons (Fsp3) is 0.125. The molecule has 0 bridgehead atoms. The number of rotatable bonds is 4. The zero-order chi connectivity index (χ0) is 21.5. The van der Waals surface area contributed by atoms with Crippen LogP contribution >= 0.6 is 0 Å². The number of fused-ring (bicyclic) bond motifs is 2. The van der Waals surface area contributed by atoms with Gasteiger partial charge in [0, 0.05) is 6.20 Å². The predicted molar refractivity (Wildman–Crippen MR) is 115 cm³/mol. The highest BCUT2D eigenvalue weighted by Gasteiger charge is 2.44. The zero-order valence-corrected chi connectivity index (χ0v) is 16.6. The van der Waals surface area contributed by atoms with Crippen molar-refractivity contribution in [3.63, 3.8) is 0 Å². The summed E-state index contributed by atoms with van der Waals surface area (Å²) in [6.45, 7) is 2.16. The van der Waals surface area contributed by atoms with E-state index < -0.39 is 11.9 Å². The average Bonchev–Trinajstić information content (AvgIpc) is 3.09. The number of ether oxygens (including phenoxy) is 1. The maximum Gasteiger partial charge on any atom is 0.296 e. The molecule has 31 heavy (non-hydrogen) atoms. The number of hydrogen-bond acceptors (Lipinski definition) is 6. The third-order valence-electron chi connectivity index (χ3n) is 5.27. The molecule has 1 atom stereocenters. The van der Waals surface area contributed by atoms with Gasteiger partial charge in [-0.1, -0.05) is 24.3 Å². The number of amides is 1. The average molecular weight is 414 g/mol. The summed E-state index contributed by atoms with van der Waals surface area (Å²) in [5.74, 6) is 0.175. The van der Waals surface area contributed by atoms with Gasteiger partial charge in [-0.2, -0.15) is 0 Å². The van der Waals surface area contributed by atoms with Crippen LogP contribution < -0.4 is 15.1 Å². The molecule has 5 rings (SSSR count). The van der Waals surface area contributed by atoms with E-state index in [1.54, 1.807) is 60.8 Å². The number of aromatic nitrogens is 1. The number of aromatic hydroxyl groups is 1. The van der Waals surface area contributed by atoms with Gasteiger partial charge in [0.05, 0.1) is 23.6 Å². The molecule has 1 amide bonds. The second-order valence-electron chi connectivity index (χ2n) is 7.10. The molecule has 0 saturated carbocycles. The normalized spacial score (nSPS) is 15.3. The Labute approximate surface area is 177 Å². The van der Waals surface area contributed by atoms with E-state index in [1.807, 2.05) is 6.92 Å². The number of benzene rings is 2.